The highest BCUT2D eigenvalue weighted by Crippen LogP contribution is 2.43. The summed E-state index contributed by atoms with van der Waals surface area (Å²) in [7, 11) is -0.298. The van der Waals surface area contributed by atoms with Crippen LogP contribution in [0.5, 0.6) is 11.5 Å². The molecule has 1 saturated heterocycles. The first-order valence-corrected chi connectivity index (χ1v) is 14.7. The predicted molar refractivity (Wildman–Crippen MR) is 131 cm³/mol. The Labute approximate surface area is 198 Å². The fourth-order valence-corrected chi connectivity index (χ4v) is 5.53. The molecule has 0 spiro atoms. The lowest BCUT2D eigenvalue weighted by atomic mass is 9.81. The van der Waals surface area contributed by atoms with E-state index in [1.54, 1.807) is 19.4 Å². The van der Waals surface area contributed by atoms with E-state index in [1.165, 1.54) is 0 Å². The maximum absolute atomic E-state index is 13.3. The molecule has 1 N–H and O–H groups in total. The van der Waals surface area contributed by atoms with E-state index >= 15 is 0 Å². The Kier molecular flexibility index (Phi) is 6.42. The van der Waals surface area contributed by atoms with Gasteiger partial charge in [-0.2, -0.15) is 0 Å². The van der Waals surface area contributed by atoms with E-state index < -0.39 is 8.32 Å². The van der Waals surface area contributed by atoms with Crippen LogP contribution in [-0.2, 0) is 22.2 Å². The molecule has 7 heteroatoms. The molecule has 4 rings (SSSR count). The topological polar surface area (TPSA) is 71.9 Å². The number of hydrogen-bond donors (Lipinski definition) is 1. The molecule has 178 valence electrons. The number of hydrogen-bond acceptors (Lipinski definition) is 6. The van der Waals surface area contributed by atoms with Crippen LogP contribution in [-0.4, -0.2) is 49.3 Å². The monoisotopic (exact) mass is 468 g/mol. The number of Topliss-reactive ketones (excluding diaryl/α,β-unsaturated/α-hetero) is 1. The van der Waals surface area contributed by atoms with Gasteiger partial charge in [0.15, 0.2) is 19.8 Å². The van der Waals surface area contributed by atoms with E-state index in [0.29, 0.717) is 25.3 Å². The minimum absolute atomic E-state index is 0.0251. The lowest BCUT2D eigenvalue weighted by Crippen LogP contribution is -2.45. The second-order valence-corrected chi connectivity index (χ2v) is 15.7. The molecule has 3 heterocycles. The first kappa shape index (κ1) is 23.9. The number of phenolic OH excluding ortho intramolecular Hbond substituents is 1. The number of ether oxygens (including phenoxy) is 1. The Balaban J connectivity index is 1.52. The van der Waals surface area contributed by atoms with E-state index in [-0.39, 0.29) is 28.5 Å². The zero-order valence-electron chi connectivity index (χ0n) is 20.6. The lowest BCUT2D eigenvalue weighted by Gasteiger charge is -2.42. The van der Waals surface area contributed by atoms with Gasteiger partial charge >= 0.3 is 0 Å². The first-order valence-electron chi connectivity index (χ1n) is 11.8. The molecule has 0 saturated carbocycles. The van der Waals surface area contributed by atoms with Gasteiger partial charge in [-0.05, 0) is 65.5 Å². The molecule has 2 atom stereocenters. The van der Waals surface area contributed by atoms with Gasteiger partial charge in [-0.25, -0.2) is 0 Å². The number of ketones is 1. The number of methoxy groups -OCH3 is 1. The number of fused-ring (bicyclic) bond motifs is 3. The number of aromatic hydroxyl groups is 1. The molecule has 1 fully saturated rings. The molecule has 6 nitrogen and oxygen atoms in total. The summed E-state index contributed by atoms with van der Waals surface area (Å²) in [6.45, 7) is 13.3. The average Bonchev–Trinajstić information content (AvgIpc) is 2.76. The van der Waals surface area contributed by atoms with Crippen molar-refractivity contribution in [3.05, 3.63) is 52.8 Å². The van der Waals surface area contributed by atoms with Crippen LogP contribution in [0, 0.1) is 0 Å². The van der Waals surface area contributed by atoms with Gasteiger partial charge in [0.25, 0.3) is 0 Å². The molecule has 0 amide bonds. The fraction of sp³-hybridized carbons (Fsp3) is 0.538. The van der Waals surface area contributed by atoms with Crippen molar-refractivity contribution in [3.8, 4) is 11.5 Å². The van der Waals surface area contributed by atoms with Crippen LogP contribution in [0.4, 0.5) is 0 Å². The largest absolute Gasteiger partial charge is 0.504 e. The lowest BCUT2D eigenvalue weighted by molar-refractivity contribution is -0.125. The Hall–Kier alpha value is -2.22. The molecule has 33 heavy (non-hydrogen) atoms. The summed E-state index contributed by atoms with van der Waals surface area (Å²) in [6, 6.07) is 7.75. The maximum atomic E-state index is 13.3. The molecular formula is C26H36N2O4Si. The molecule has 2 aromatic rings. The number of rotatable bonds is 5. The summed E-state index contributed by atoms with van der Waals surface area (Å²) >= 11 is 0. The number of nitrogens with zero attached hydrogens (tertiary/aromatic N) is 2. The van der Waals surface area contributed by atoms with Crippen molar-refractivity contribution in [1.29, 1.82) is 0 Å². The molecule has 0 unspecified atom stereocenters. The van der Waals surface area contributed by atoms with Crippen molar-refractivity contribution in [2.45, 2.75) is 70.3 Å². The summed E-state index contributed by atoms with van der Waals surface area (Å²) < 4.78 is 11.7. The number of pyridine rings is 1. The van der Waals surface area contributed by atoms with Crippen LogP contribution in [0.15, 0.2) is 30.5 Å². The molecule has 0 radical (unpaired) electrons. The van der Waals surface area contributed by atoms with E-state index in [9.17, 15) is 9.90 Å². The van der Waals surface area contributed by atoms with Crippen molar-refractivity contribution in [2.75, 3.05) is 20.2 Å². The van der Waals surface area contributed by atoms with Crippen LogP contribution in [0.25, 0.3) is 0 Å². The second kappa shape index (κ2) is 8.85. The fourth-order valence-electron chi connectivity index (χ4n) is 4.57. The quantitative estimate of drug-likeness (QED) is 0.625. The van der Waals surface area contributed by atoms with E-state index in [1.807, 2.05) is 12.1 Å². The van der Waals surface area contributed by atoms with Crippen LogP contribution in [0.2, 0.25) is 18.1 Å². The minimum Gasteiger partial charge on any atom is -0.504 e. The van der Waals surface area contributed by atoms with Gasteiger partial charge in [-0.15, -0.1) is 0 Å². The smallest absolute Gasteiger partial charge is 0.192 e. The van der Waals surface area contributed by atoms with Crippen LogP contribution in [0.1, 0.15) is 61.5 Å². The minimum atomic E-state index is -1.85. The number of aromatic nitrogens is 1. The highest BCUT2D eigenvalue weighted by molar-refractivity contribution is 6.74. The van der Waals surface area contributed by atoms with E-state index in [0.717, 1.165) is 35.3 Å². The first-order chi connectivity index (χ1) is 15.5. The zero-order valence-corrected chi connectivity index (χ0v) is 21.6. The third kappa shape index (κ3) is 4.72. The van der Waals surface area contributed by atoms with E-state index in [2.05, 4.69) is 49.8 Å². The Bertz CT molecular complexity index is 1050. The number of carbonyl (C=O) groups excluding carboxylic acids is 1. The van der Waals surface area contributed by atoms with Crippen LogP contribution in [0.3, 0.4) is 0 Å². The summed E-state index contributed by atoms with van der Waals surface area (Å²) in [6.07, 6.45) is 3.09. The van der Waals surface area contributed by atoms with Gasteiger partial charge in [-0.3, -0.25) is 14.7 Å². The molecule has 1 aromatic carbocycles. The Morgan fingerprint density at radius 2 is 2.00 bits per heavy atom. The summed E-state index contributed by atoms with van der Waals surface area (Å²) in [5.41, 5.74) is 4.10. The predicted octanol–water partition coefficient (Wildman–Crippen LogP) is 4.97. The maximum Gasteiger partial charge on any atom is 0.192 e. The number of benzene rings is 1. The van der Waals surface area contributed by atoms with Crippen molar-refractivity contribution < 1.29 is 19.1 Å². The number of phenols is 1. The van der Waals surface area contributed by atoms with E-state index in [4.69, 9.17) is 9.16 Å². The molecule has 0 bridgehead atoms. The highest BCUT2D eigenvalue weighted by Gasteiger charge is 2.40. The third-order valence-electron chi connectivity index (χ3n) is 7.72. The standard InChI is InChI=1S/C26H36N2O4Si/c1-26(2,3)33(5,6)32-16-17-7-9-27-21(11-17)20-15-28-10-8-18-12-24(30)25(31-4)13-19(18)22(28)14-23(20)29/h7,9,11-13,20,22,30H,8,10,14-16H2,1-6H3/t20-,22+/m0/s1. The van der Waals surface area contributed by atoms with Crippen molar-refractivity contribution in [1.82, 2.24) is 9.88 Å². The third-order valence-corrected chi connectivity index (χ3v) is 12.2. The Morgan fingerprint density at radius 3 is 2.70 bits per heavy atom. The molecule has 2 aliphatic rings. The average molecular weight is 469 g/mol. The zero-order chi connectivity index (χ0) is 24.0. The van der Waals surface area contributed by atoms with Gasteiger partial charge in [0.1, 0.15) is 5.78 Å². The SMILES string of the molecule is COc1cc2c(cc1O)CCN1C[C@@H](c3cc(CO[Si](C)(C)C(C)(C)C)ccn3)C(=O)C[C@H]21. The van der Waals surface area contributed by atoms with Crippen molar-refractivity contribution >= 4 is 14.1 Å². The van der Waals surface area contributed by atoms with Gasteiger partial charge in [0.2, 0.25) is 0 Å². The van der Waals surface area contributed by atoms with Crippen molar-refractivity contribution in [2.24, 2.45) is 0 Å². The van der Waals surface area contributed by atoms with Crippen LogP contribution < -0.4 is 4.74 Å². The highest BCUT2D eigenvalue weighted by atomic mass is 28.4. The van der Waals surface area contributed by atoms with Gasteiger partial charge < -0.3 is 14.3 Å². The molecular weight excluding hydrogens is 432 g/mol. The Morgan fingerprint density at radius 1 is 1.24 bits per heavy atom. The number of carbonyl (C=O) groups is 1. The second-order valence-electron chi connectivity index (χ2n) is 10.8. The summed E-state index contributed by atoms with van der Waals surface area (Å²) in [4.78, 5) is 20.2. The molecule has 2 aliphatic heterocycles. The molecule has 0 aliphatic carbocycles. The van der Waals surface area contributed by atoms with Crippen molar-refractivity contribution in [3.63, 3.8) is 0 Å². The number of piperidine rings is 1. The summed E-state index contributed by atoms with van der Waals surface area (Å²) in [5.74, 6) is 0.604. The van der Waals surface area contributed by atoms with Gasteiger partial charge in [0, 0.05) is 31.7 Å². The normalized spacial score (nSPS) is 21.5. The van der Waals surface area contributed by atoms with Crippen LogP contribution >= 0.6 is 0 Å². The summed E-state index contributed by atoms with van der Waals surface area (Å²) in [5, 5.41) is 10.3. The van der Waals surface area contributed by atoms with Gasteiger partial charge in [-0.1, -0.05) is 20.8 Å². The van der Waals surface area contributed by atoms with Gasteiger partial charge in [0.05, 0.1) is 25.3 Å². The molecule has 1 aromatic heterocycles.